The number of hydrogen-bond donors (Lipinski definition) is 2. The molecule has 4 rings (SSSR count). The van der Waals surface area contributed by atoms with Crippen molar-refractivity contribution < 1.29 is 4.42 Å². The molecule has 0 radical (unpaired) electrons. The van der Waals surface area contributed by atoms with Crippen LogP contribution in [0.1, 0.15) is 16.9 Å². The molecule has 0 bridgehead atoms. The van der Waals surface area contributed by atoms with E-state index in [1.54, 1.807) is 6.07 Å². The van der Waals surface area contributed by atoms with Gasteiger partial charge in [-0.2, -0.15) is 9.97 Å². The van der Waals surface area contributed by atoms with Crippen LogP contribution in [0.4, 0.5) is 17.6 Å². The van der Waals surface area contributed by atoms with Gasteiger partial charge in [0.05, 0.1) is 6.54 Å². The molecule has 0 amide bonds. The molecule has 0 unspecified atom stereocenters. The van der Waals surface area contributed by atoms with Gasteiger partial charge in [0.2, 0.25) is 5.95 Å². The van der Waals surface area contributed by atoms with Gasteiger partial charge in [-0.05, 0) is 31.5 Å². The molecule has 0 atom stereocenters. The Kier molecular flexibility index (Phi) is 4.16. The van der Waals surface area contributed by atoms with Crippen LogP contribution in [0, 0.1) is 13.8 Å². The van der Waals surface area contributed by atoms with Crippen LogP contribution in [0.2, 0.25) is 0 Å². The first kappa shape index (κ1) is 16.7. The molecule has 7 heteroatoms. The second-order valence-electron chi connectivity index (χ2n) is 6.92. The quantitative estimate of drug-likeness (QED) is 0.746. The summed E-state index contributed by atoms with van der Waals surface area (Å²) < 4.78 is 6.09. The van der Waals surface area contributed by atoms with Crippen molar-refractivity contribution >= 4 is 28.6 Å². The van der Waals surface area contributed by atoms with Gasteiger partial charge in [-0.1, -0.05) is 11.6 Å². The van der Waals surface area contributed by atoms with Crippen molar-refractivity contribution in [2.45, 2.75) is 20.4 Å². The average molecular weight is 352 g/mol. The average Bonchev–Trinajstić information content (AvgIpc) is 2.90. The van der Waals surface area contributed by atoms with Crippen molar-refractivity contribution in [2.75, 3.05) is 42.5 Å². The Labute approximate surface area is 152 Å². The van der Waals surface area contributed by atoms with Crippen molar-refractivity contribution in [1.29, 1.82) is 0 Å². The lowest BCUT2D eigenvalue weighted by molar-refractivity contribution is 0.231. The fourth-order valence-corrected chi connectivity index (χ4v) is 3.51. The molecular formula is C19H24N6O. The summed E-state index contributed by atoms with van der Waals surface area (Å²) in [5.74, 6) is 2.47. The Morgan fingerprint density at radius 3 is 2.54 bits per heavy atom. The highest BCUT2D eigenvalue weighted by atomic mass is 16.3. The summed E-state index contributed by atoms with van der Waals surface area (Å²) in [7, 11) is 0. The summed E-state index contributed by atoms with van der Waals surface area (Å²) >= 11 is 0. The first-order valence-corrected chi connectivity index (χ1v) is 8.85. The van der Waals surface area contributed by atoms with Crippen molar-refractivity contribution in [2.24, 2.45) is 0 Å². The van der Waals surface area contributed by atoms with Gasteiger partial charge in [0.1, 0.15) is 23.0 Å². The van der Waals surface area contributed by atoms with Crippen LogP contribution in [0.25, 0.3) is 11.0 Å². The molecule has 0 saturated carbocycles. The zero-order valence-electron chi connectivity index (χ0n) is 15.2. The SMILES string of the molecule is Cc1ccc2oc(CN3CCN(c4cc(N)nc(N)n4)CC3)c(C)c2c1. The van der Waals surface area contributed by atoms with E-state index in [0.29, 0.717) is 5.82 Å². The first-order chi connectivity index (χ1) is 12.5. The Bertz CT molecular complexity index is 922. The number of benzene rings is 1. The summed E-state index contributed by atoms with van der Waals surface area (Å²) in [4.78, 5) is 12.8. The number of piperazine rings is 1. The van der Waals surface area contributed by atoms with Crippen LogP contribution >= 0.6 is 0 Å². The highest BCUT2D eigenvalue weighted by Crippen LogP contribution is 2.27. The summed E-state index contributed by atoms with van der Waals surface area (Å²) in [6.07, 6.45) is 0. The fourth-order valence-electron chi connectivity index (χ4n) is 3.51. The number of nitrogens with zero attached hydrogens (tertiary/aromatic N) is 4. The second-order valence-corrected chi connectivity index (χ2v) is 6.92. The predicted molar refractivity (Wildman–Crippen MR) is 104 cm³/mol. The maximum absolute atomic E-state index is 6.09. The summed E-state index contributed by atoms with van der Waals surface area (Å²) in [5, 5.41) is 1.21. The third kappa shape index (κ3) is 3.17. The van der Waals surface area contributed by atoms with Gasteiger partial charge in [0.15, 0.2) is 0 Å². The molecule has 1 aromatic carbocycles. The smallest absolute Gasteiger partial charge is 0.223 e. The van der Waals surface area contributed by atoms with Crippen molar-refractivity contribution in [3.8, 4) is 0 Å². The van der Waals surface area contributed by atoms with E-state index in [1.165, 1.54) is 16.5 Å². The lowest BCUT2D eigenvalue weighted by Gasteiger charge is -2.35. The molecule has 26 heavy (non-hydrogen) atoms. The molecule has 0 spiro atoms. The van der Waals surface area contributed by atoms with E-state index in [1.807, 2.05) is 0 Å². The number of hydrogen-bond acceptors (Lipinski definition) is 7. The summed E-state index contributed by atoms with van der Waals surface area (Å²) in [5.41, 5.74) is 14.9. The van der Waals surface area contributed by atoms with E-state index in [9.17, 15) is 0 Å². The molecule has 1 fully saturated rings. The molecule has 3 aromatic rings. The minimum Gasteiger partial charge on any atom is -0.459 e. The lowest BCUT2D eigenvalue weighted by atomic mass is 10.1. The predicted octanol–water partition coefficient (Wildman–Crippen LogP) is 2.33. The van der Waals surface area contributed by atoms with E-state index >= 15 is 0 Å². The Morgan fingerprint density at radius 2 is 1.81 bits per heavy atom. The zero-order valence-corrected chi connectivity index (χ0v) is 15.2. The molecule has 1 saturated heterocycles. The van der Waals surface area contributed by atoms with Gasteiger partial charge < -0.3 is 20.8 Å². The van der Waals surface area contributed by atoms with Gasteiger partial charge in [-0.15, -0.1) is 0 Å². The standard InChI is InChI=1S/C19H24N6O/c1-12-3-4-15-14(9-12)13(2)16(26-15)11-24-5-7-25(8-6-24)18-10-17(20)22-19(21)23-18/h3-4,9-10H,5-8,11H2,1-2H3,(H4,20,21,22,23). The molecule has 4 N–H and O–H groups in total. The molecule has 0 aliphatic carbocycles. The zero-order chi connectivity index (χ0) is 18.3. The number of nitrogens with two attached hydrogens (primary N) is 2. The van der Waals surface area contributed by atoms with E-state index in [0.717, 1.165) is 49.9 Å². The van der Waals surface area contributed by atoms with Crippen molar-refractivity contribution in [3.63, 3.8) is 0 Å². The van der Waals surface area contributed by atoms with Gasteiger partial charge in [0.25, 0.3) is 0 Å². The third-order valence-electron chi connectivity index (χ3n) is 5.00. The van der Waals surface area contributed by atoms with Gasteiger partial charge in [-0.3, -0.25) is 4.90 Å². The molecule has 136 valence electrons. The Balaban J connectivity index is 1.45. The maximum atomic E-state index is 6.09. The van der Waals surface area contributed by atoms with E-state index < -0.39 is 0 Å². The van der Waals surface area contributed by atoms with Crippen LogP contribution in [0.15, 0.2) is 28.7 Å². The number of furan rings is 1. The first-order valence-electron chi connectivity index (χ1n) is 8.85. The molecule has 2 aromatic heterocycles. The van der Waals surface area contributed by atoms with E-state index in [4.69, 9.17) is 15.9 Å². The van der Waals surface area contributed by atoms with Crippen LogP contribution in [0.5, 0.6) is 0 Å². The van der Waals surface area contributed by atoms with Gasteiger partial charge >= 0.3 is 0 Å². The number of nitrogen functional groups attached to an aromatic ring is 2. The second kappa shape index (κ2) is 6.49. The normalized spacial score (nSPS) is 15.7. The van der Waals surface area contributed by atoms with Gasteiger partial charge in [0, 0.05) is 37.6 Å². The highest BCUT2D eigenvalue weighted by Gasteiger charge is 2.21. The Morgan fingerprint density at radius 1 is 1.04 bits per heavy atom. The van der Waals surface area contributed by atoms with E-state index in [-0.39, 0.29) is 5.95 Å². The number of aromatic nitrogens is 2. The van der Waals surface area contributed by atoms with E-state index in [2.05, 4.69) is 51.8 Å². The van der Waals surface area contributed by atoms with Crippen LogP contribution in [-0.2, 0) is 6.54 Å². The molecule has 1 aliphatic rings. The monoisotopic (exact) mass is 352 g/mol. The Hall–Kier alpha value is -2.80. The minimum atomic E-state index is 0.218. The van der Waals surface area contributed by atoms with Crippen molar-refractivity contribution in [1.82, 2.24) is 14.9 Å². The van der Waals surface area contributed by atoms with Crippen LogP contribution in [0.3, 0.4) is 0 Å². The number of rotatable bonds is 3. The van der Waals surface area contributed by atoms with Gasteiger partial charge in [-0.25, -0.2) is 0 Å². The third-order valence-corrected chi connectivity index (χ3v) is 5.00. The number of aryl methyl sites for hydroxylation is 2. The maximum Gasteiger partial charge on any atom is 0.223 e. The number of anilines is 3. The molecule has 7 nitrogen and oxygen atoms in total. The van der Waals surface area contributed by atoms with Crippen molar-refractivity contribution in [3.05, 3.63) is 41.2 Å². The largest absolute Gasteiger partial charge is 0.459 e. The molecule has 3 heterocycles. The minimum absolute atomic E-state index is 0.218. The molecule has 1 aliphatic heterocycles. The molecular weight excluding hydrogens is 328 g/mol. The fraction of sp³-hybridized carbons (Fsp3) is 0.368. The van der Waals surface area contributed by atoms with Crippen LogP contribution in [-0.4, -0.2) is 41.0 Å². The van der Waals surface area contributed by atoms with Crippen LogP contribution < -0.4 is 16.4 Å². The lowest BCUT2D eigenvalue weighted by Crippen LogP contribution is -2.46. The summed E-state index contributed by atoms with van der Waals surface area (Å²) in [6.45, 7) is 8.67. The highest BCUT2D eigenvalue weighted by molar-refractivity contribution is 5.82. The number of fused-ring (bicyclic) bond motifs is 1. The summed E-state index contributed by atoms with van der Waals surface area (Å²) in [6, 6.07) is 8.12. The topological polar surface area (TPSA) is 97.4 Å².